The van der Waals surface area contributed by atoms with Gasteiger partial charge in [-0.3, -0.25) is 9.59 Å². The van der Waals surface area contributed by atoms with E-state index in [9.17, 15) is 9.59 Å². The molecular weight excluding hydrogens is 298 g/mol. The lowest BCUT2D eigenvalue weighted by Gasteiger charge is -2.31. The van der Waals surface area contributed by atoms with Crippen LogP contribution in [0.15, 0.2) is 9.85 Å². The van der Waals surface area contributed by atoms with Gasteiger partial charge in [-0.05, 0) is 19.8 Å². The number of ether oxygens (including phenoxy) is 1. The molecule has 2 rings (SSSR count). The normalized spacial score (nSPS) is 18.9. The van der Waals surface area contributed by atoms with Crippen LogP contribution in [-0.2, 0) is 14.3 Å². The third kappa shape index (κ3) is 4.17. The number of esters is 1. The number of thioether (sulfide) groups is 1. The van der Waals surface area contributed by atoms with E-state index in [0.717, 1.165) is 17.2 Å². The maximum Gasteiger partial charge on any atom is 0.310 e. The molecule has 1 amide bonds. The fourth-order valence-corrected chi connectivity index (χ4v) is 3.49. The fraction of sp³-hybridized carbons (Fsp3) is 0.667. The molecule has 0 spiro atoms. The number of rotatable bonds is 5. The van der Waals surface area contributed by atoms with Gasteiger partial charge in [0.05, 0.1) is 18.3 Å². The van der Waals surface area contributed by atoms with Crippen LogP contribution in [0.5, 0.6) is 0 Å². The van der Waals surface area contributed by atoms with Gasteiger partial charge in [0.1, 0.15) is 5.51 Å². The van der Waals surface area contributed by atoms with Crippen molar-refractivity contribution in [2.75, 3.05) is 25.4 Å². The van der Waals surface area contributed by atoms with Crippen molar-refractivity contribution in [1.82, 2.24) is 15.1 Å². The van der Waals surface area contributed by atoms with E-state index in [2.05, 4.69) is 10.2 Å². The summed E-state index contributed by atoms with van der Waals surface area (Å²) in [4.78, 5) is 25.6. The number of carbonyl (C=O) groups excluding carboxylic acids is 2. The van der Waals surface area contributed by atoms with Crippen LogP contribution in [-0.4, -0.2) is 52.4 Å². The first kappa shape index (κ1) is 15.2. The zero-order valence-corrected chi connectivity index (χ0v) is 12.9. The van der Waals surface area contributed by atoms with Gasteiger partial charge >= 0.3 is 5.97 Å². The lowest BCUT2D eigenvalue weighted by molar-refractivity contribution is -0.151. The second-order valence-electron chi connectivity index (χ2n) is 4.42. The predicted octanol–water partition coefficient (Wildman–Crippen LogP) is 1.43. The van der Waals surface area contributed by atoms with Crippen LogP contribution < -0.4 is 0 Å². The largest absolute Gasteiger partial charge is 0.466 e. The van der Waals surface area contributed by atoms with E-state index in [4.69, 9.17) is 4.74 Å². The molecule has 6 nitrogen and oxygen atoms in total. The highest BCUT2D eigenvalue weighted by atomic mass is 32.2. The zero-order valence-electron chi connectivity index (χ0n) is 11.3. The van der Waals surface area contributed by atoms with E-state index in [-0.39, 0.29) is 17.8 Å². The maximum atomic E-state index is 12.1. The Morgan fingerprint density at radius 3 is 3.15 bits per heavy atom. The monoisotopic (exact) mass is 315 g/mol. The molecule has 0 unspecified atom stereocenters. The molecule has 0 N–H and O–H groups in total. The molecular formula is C12H17N3O3S2. The summed E-state index contributed by atoms with van der Waals surface area (Å²) in [5, 5.41) is 7.62. The molecule has 20 heavy (non-hydrogen) atoms. The van der Waals surface area contributed by atoms with Gasteiger partial charge in [-0.1, -0.05) is 23.1 Å². The molecule has 1 aromatic rings. The Hall–Kier alpha value is -1.15. The van der Waals surface area contributed by atoms with Crippen molar-refractivity contribution in [2.45, 2.75) is 24.1 Å². The van der Waals surface area contributed by atoms with Gasteiger partial charge in [-0.2, -0.15) is 0 Å². The Kier molecular flexibility index (Phi) is 5.78. The molecule has 1 atom stereocenters. The quantitative estimate of drug-likeness (QED) is 0.604. The van der Waals surface area contributed by atoms with E-state index in [1.807, 2.05) is 0 Å². The molecule has 1 aromatic heterocycles. The fourth-order valence-electron chi connectivity index (χ4n) is 2.10. The number of likely N-dealkylation sites (tertiary alicyclic amines) is 1. The predicted molar refractivity (Wildman–Crippen MR) is 76.6 cm³/mol. The van der Waals surface area contributed by atoms with E-state index in [1.165, 1.54) is 23.1 Å². The molecule has 1 aliphatic rings. The van der Waals surface area contributed by atoms with Crippen molar-refractivity contribution in [3.63, 3.8) is 0 Å². The highest BCUT2D eigenvalue weighted by Gasteiger charge is 2.29. The van der Waals surface area contributed by atoms with Crippen LogP contribution >= 0.6 is 23.1 Å². The number of hydrogen-bond acceptors (Lipinski definition) is 7. The first-order valence-electron chi connectivity index (χ1n) is 6.54. The standard InChI is InChI=1S/C12H17N3O3S2/c1-2-18-11(17)9-4-3-5-15(6-9)10(16)7-19-12-14-13-8-20-12/h8-9H,2-7H2,1H3/t9-/m1/s1. The van der Waals surface area contributed by atoms with Crippen molar-refractivity contribution in [3.8, 4) is 0 Å². The molecule has 0 aliphatic carbocycles. The Bertz CT molecular complexity index is 453. The molecule has 0 bridgehead atoms. The Morgan fingerprint density at radius 2 is 2.45 bits per heavy atom. The Balaban J connectivity index is 1.81. The SMILES string of the molecule is CCOC(=O)[C@@H]1CCCN(C(=O)CSc2nncs2)C1. The topological polar surface area (TPSA) is 72.4 Å². The molecule has 2 heterocycles. The molecule has 110 valence electrons. The van der Waals surface area contributed by atoms with Crippen LogP contribution in [0.2, 0.25) is 0 Å². The third-order valence-corrected chi connectivity index (χ3v) is 4.90. The van der Waals surface area contributed by atoms with Crippen LogP contribution in [0, 0.1) is 5.92 Å². The number of aromatic nitrogens is 2. The van der Waals surface area contributed by atoms with Gasteiger partial charge in [-0.15, -0.1) is 10.2 Å². The number of piperidine rings is 1. The summed E-state index contributed by atoms with van der Waals surface area (Å²) in [5.41, 5.74) is 1.64. The first-order chi connectivity index (χ1) is 9.70. The summed E-state index contributed by atoms with van der Waals surface area (Å²) in [7, 11) is 0. The molecule has 0 aromatic carbocycles. The van der Waals surface area contributed by atoms with Gasteiger partial charge in [0.2, 0.25) is 5.91 Å². The summed E-state index contributed by atoms with van der Waals surface area (Å²) in [6.45, 7) is 3.36. The summed E-state index contributed by atoms with van der Waals surface area (Å²) < 4.78 is 5.82. The summed E-state index contributed by atoms with van der Waals surface area (Å²) >= 11 is 2.81. The molecule has 0 saturated carbocycles. The molecule has 8 heteroatoms. The minimum absolute atomic E-state index is 0.0409. The first-order valence-corrected chi connectivity index (χ1v) is 8.40. The van der Waals surface area contributed by atoms with Crippen LogP contribution in [0.3, 0.4) is 0 Å². The third-order valence-electron chi connectivity index (χ3n) is 3.05. The van der Waals surface area contributed by atoms with Crippen LogP contribution in [0.4, 0.5) is 0 Å². The van der Waals surface area contributed by atoms with E-state index < -0.39 is 0 Å². The average molecular weight is 315 g/mol. The van der Waals surface area contributed by atoms with Crippen LogP contribution in [0.1, 0.15) is 19.8 Å². The number of carbonyl (C=O) groups is 2. The smallest absolute Gasteiger partial charge is 0.310 e. The second-order valence-corrected chi connectivity index (χ2v) is 6.48. The van der Waals surface area contributed by atoms with Gasteiger partial charge in [0.15, 0.2) is 4.34 Å². The number of nitrogens with zero attached hydrogens (tertiary/aromatic N) is 3. The molecule has 1 fully saturated rings. The van der Waals surface area contributed by atoms with Gasteiger partial charge in [0, 0.05) is 13.1 Å². The molecule has 1 aliphatic heterocycles. The zero-order chi connectivity index (χ0) is 14.4. The molecule has 1 saturated heterocycles. The number of amides is 1. The summed E-state index contributed by atoms with van der Waals surface area (Å²) in [5.74, 6) is 0.00484. The summed E-state index contributed by atoms with van der Waals surface area (Å²) in [6.07, 6.45) is 1.64. The summed E-state index contributed by atoms with van der Waals surface area (Å²) in [6, 6.07) is 0. The lowest BCUT2D eigenvalue weighted by atomic mass is 9.98. The van der Waals surface area contributed by atoms with E-state index in [0.29, 0.717) is 25.4 Å². The minimum atomic E-state index is -0.193. The minimum Gasteiger partial charge on any atom is -0.466 e. The second kappa shape index (κ2) is 7.58. The van der Waals surface area contributed by atoms with Gasteiger partial charge in [0.25, 0.3) is 0 Å². The Morgan fingerprint density at radius 1 is 1.60 bits per heavy atom. The van der Waals surface area contributed by atoms with Gasteiger partial charge in [-0.25, -0.2) is 0 Å². The Labute approximate surface area is 125 Å². The molecule has 0 radical (unpaired) electrons. The number of hydrogen-bond donors (Lipinski definition) is 0. The van der Waals surface area contributed by atoms with Crippen LogP contribution in [0.25, 0.3) is 0 Å². The van der Waals surface area contributed by atoms with Crippen molar-refractivity contribution < 1.29 is 14.3 Å². The van der Waals surface area contributed by atoms with Crippen molar-refractivity contribution in [2.24, 2.45) is 5.92 Å². The average Bonchev–Trinajstić information content (AvgIpc) is 2.98. The van der Waals surface area contributed by atoms with E-state index >= 15 is 0 Å². The van der Waals surface area contributed by atoms with Crippen molar-refractivity contribution >= 4 is 35.0 Å². The lowest BCUT2D eigenvalue weighted by Crippen LogP contribution is -2.43. The highest BCUT2D eigenvalue weighted by Crippen LogP contribution is 2.22. The van der Waals surface area contributed by atoms with Crippen molar-refractivity contribution in [3.05, 3.63) is 5.51 Å². The maximum absolute atomic E-state index is 12.1. The highest BCUT2D eigenvalue weighted by molar-refractivity contribution is 8.01. The van der Waals surface area contributed by atoms with Crippen molar-refractivity contribution in [1.29, 1.82) is 0 Å². The van der Waals surface area contributed by atoms with E-state index in [1.54, 1.807) is 17.3 Å². The van der Waals surface area contributed by atoms with Gasteiger partial charge < -0.3 is 9.64 Å².